The molecule has 3 N–H and O–H groups in total. The number of amides is 1. The first-order valence-corrected chi connectivity index (χ1v) is 4.91. The third-order valence-electron chi connectivity index (χ3n) is 1.75. The van der Waals surface area contributed by atoms with E-state index in [4.69, 9.17) is 5.73 Å². The zero-order chi connectivity index (χ0) is 10.8. The van der Waals surface area contributed by atoms with Gasteiger partial charge in [-0.05, 0) is 24.1 Å². The van der Waals surface area contributed by atoms with E-state index in [1.165, 1.54) is 0 Å². The number of fused-ring (bicyclic) bond motifs is 1. The number of carbonyl (C=O) groups is 1. The van der Waals surface area contributed by atoms with E-state index in [-0.39, 0.29) is 4.87 Å². The Morgan fingerprint density at radius 1 is 1.47 bits per heavy atom. The fourth-order valence-corrected chi connectivity index (χ4v) is 1.93. The van der Waals surface area contributed by atoms with Gasteiger partial charge in [0.25, 0.3) is 5.91 Å². The van der Waals surface area contributed by atoms with Gasteiger partial charge < -0.3 is 10.7 Å². The molecule has 0 atom stereocenters. The summed E-state index contributed by atoms with van der Waals surface area (Å²) in [7, 11) is 0. The summed E-state index contributed by atoms with van der Waals surface area (Å²) in [5.74, 6) is 4.18. The maximum Gasteiger partial charge on any atom is 0.305 e. The molecule has 1 aromatic carbocycles. The number of nitrogens with one attached hydrogen (secondary N) is 1. The fraction of sp³-hybridized carbons (Fsp3) is 0. The average Bonchev–Trinajstić information content (AvgIpc) is 2.53. The molecule has 0 spiro atoms. The lowest BCUT2D eigenvalue weighted by atomic mass is 10.2. The topological polar surface area (TPSA) is 76.0 Å². The van der Waals surface area contributed by atoms with Gasteiger partial charge in [0.05, 0.1) is 10.2 Å². The Morgan fingerprint density at radius 3 is 3.00 bits per heavy atom. The largest absolute Gasteiger partial charge is 0.359 e. The third-order valence-corrected chi connectivity index (χ3v) is 2.60. The van der Waals surface area contributed by atoms with E-state index in [0.717, 1.165) is 21.6 Å². The van der Waals surface area contributed by atoms with Crippen molar-refractivity contribution in [1.29, 1.82) is 0 Å². The standard InChI is InChI=1S/C10H6N2O2S/c11-9(13)4-2-6-1-3-7-8(5-6)15-10(14)12-7/h1,3,5H,(H2,11,13)(H,12,14). The summed E-state index contributed by atoms with van der Waals surface area (Å²) in [6.45, 7) is 0. The lowest BCUT2D eigenvalue weighted by Crippen LogP contribution is -2.06. The molecule has 2 aromatic rings. The van der Waals surface area contributed by atoms with Crippen molar-refractivity contribution in [2.24, 2.45) is 5.73 Å². The van der Waals surface area contributed by atoms with E-state index < -0.39 is 5.91 Å². The molecule has 0 aliphatic heterocycles. The molecule has 15 heavy (non-hydrogen) atoms. The number of hydrogen-bond donors (Lipinski definition) is 2. The molecule has 0 unspecified atom stereocenters. The van der Waals surface area contributed by atoms with E-state index in [9.17, 15) is 9.59 Å². The van der Waals surface area contributed by atoms with E-state index >= 15 is 0 Å². The molecule has 1 aromatic heterocycles. The Kier molecular flexibility index (Phi) is 2.27. The van der Waals surface area contributed by atoms with Crippen LogP contribution in [0.2, 0.25) is 0 Å². The minimum atomic E-state index is -0.669. The summed E-state index contributed by atoms with van der Waals surface area (Å²) in [4.78, 5) is 24.0. The maximum atomic E-state index is 11.0. The molecule has 0 aliphatic carbocycles. The summed E-state index contributed by atoms with van der Waals surface area (Å²) >= 11 is 1.11. The first-order valence-electron chi connectivity index (χ1n) is 4.09. The SMILES string of the molecule is NC(=O)C#Cc1ccc2[nH]c(=O)sc2c1. The zero-order valence-corrected chi connectivity index (χ0v) is 8.35. The molecule has 0 radical (unpaired) electrons. The number of thiazole rings is 1. The van der Waals surface area contributed by atoms with Gasteiger partial charge in [-0.1, -0.05) is 17.3 Å². The molecule has 0 aliphatic rings. The molecule has 2 rings (SSSR count). The van der Waals surface area contributed by atoms with Crippen molar-refractivity contribution in [2.75, 3.05) is 0 Å². The highest BCUT2D eigenvalue weighted by molar-refractivity contribution is 7.16. The normalized spacial score (nSPS) is 9.60. The summed E-state index contributed by atoms with van der Waals surface area (Å²) in [5.41, 5.74) is 6.33. The number of aromatic amines is 1. The molecule has 4 nitrogen and oxygen atoms in total. The number of hydrogen-bond acceptors (Lipinski definition) is 3. The first-order chi connectivity index (χ1) is 7.15. The second-order valence-electron chi connectivity index (χ2n) is 2.84. The molecule has 5 heteroatoms. The minimum Gasteiger partial charge on any atom is -0.359 e. The van der Waals surface area contributed by atoms with Crippen LogP contribution in [0.25, 0.3) is 10.2 Å². The summed E-state index contributed by atoms with van der Waals surface area (Å²) < 4.78 is 0.816. The molecule has 1 heterocycles. The first kappa shape index (κ1) is 9.49. The van der Waals surface area contributed by atoms with Crippen LogP contribution in [0.15, 0.2) is 23.0 Å². The van der Waals surface area contributed by atoms with Crippen LogP contribution < -0.4 is 10.6 Å². The number of nitrogens with two attached hydrogens (primary N) is 1. The fourth-order valence-electron chi connectivity index (χ4n) is 1.16. The van der Waals surface area contributed by atoms with Crippen molar-refractivity contribution < 1.29 is 4.79 Å². The highest BCUT2D eigenvalue weighted by atomic mass is 32.1. The molecule has 0 bridgehead atoms. The van der Waals surface area contributed by atoms with Crippen molar-refractivity contribution in [3.8, 4) is 11.8 Å². The van der Waals surface area contributed by atoms with Crippen LogP contribution in [0.3, 0.4) is 0 Å². The number of benzene rings is 1. The summed E-state index contributed by atoms with van der Waals surface area (Å²) in [6, 6.07) is 5.22. The van der Waals surface area contributed by atoms with Gasteiger partial charge in [-0.15, -0.1) is 0 Å². The molecule has 0 saturated carbocycles. The van der Waals surface area contributed by atoms with Gasteiger partial charge >= 0.3 is 4.87 Å². The molecule has 74 valence electrons. The van der Waals surface area contributed by atoms with Crippen LogP contribution in [0.1, 0.15) is 5.56 Å². The number of carbonyl (C=O) groups excluding carboxylic acids is 1. The quantitative estimate of drug-likeness (QED) is 0.629. The Balaban J connectivity index is 2.52. The number of H-pyrrole nitrogens is 1. The minimum absolute atomic E-state index is 0.106. The van der Waals surface area contributed by atoms with Crippen LogP contribution >= 0.6 is 11.3 Å². The number of aromatic nitrogens is 1. The lowest BCUT2D eigenvalue weighted by molar-refractivity contribution is -0.112. The van der Waals surface area contributed by atoms with E-state index in [0.29, 0.717) is 5.56 Å². The Labute approximate surface area is 88.7 Å². The highest BCUT2D eigenvalue weighted by Crippen LogP contribution is 2.15. The molecule has 1 amide bonds. The van der Waals surface area contributed by atoms with Gasteiger partial charge in [-0.2, -0.15) is 0 Å². The average molecular weight is 218 g/mol. The van der Waals surface area contributed by atoms with Gasteiger partial charge in [-0.25, -0.2) is 0 Å². The van der Waals surface area contributed by atoms with Crippen molar-refractivity contribution in [3.63, 3.8) is 0 Å². The van der Waals surface area contributed by atoms with Crippen molar-refractivity contribution in [2.45, 2.75) is 0 Å². The Morgan fingerprint density at radius 2 is 2.27 bits per heavy atom. The predicted octanol–water partition coefficient (Wildman–Crippen LogP) is 0.426. The molecule has 0 saturated heterocycles. The van der Waals surface area contributed by atoms with Gasteiger partial charge in [0.2, 0.25) is 0 Å². The van der Waals surface area contributed by atoms with Crippen LogP contribution in [-0.2, 0) is 4.79 Å². The lowest BCUT2D eigenvalue weighted by Gasteiger charge is -1.89. The van der Waals surface area contributed by atoms with Crippen molar-refractivity contribution in [3.05, 3.63) is 33.4 Å². The second-order valence-corrected chi connectivity index (χ2v) is 3.85. The highest BCUT2D eigenvalue weighted by Gasteiger charge is 1.98. The molecule has 0 fully saturated rings. The van der Waals surface area contributed by atoms with Crippen molar-refractivity contribution >= 4 is 27.5 Å². The van der Waals surface area contributed by atoms with Gasteiger partial charge in [-0.3, -0.25) is 9.59 Å². The van der Waals surface area contributed by atoms with Gasteiger partial charge in [0, 0.05) is 5.56 Å². The molecular formula is C10H6N2O2S. The van der Waals surface area contributed by atoms with E-state index in [1.54, 1.807) is 18.2 Å². The summed E-state index contributed by atoms with van der Waals surface area (Å²) in [6.07, 6.45) is 0. The number of primary amides is 1. The van der Waals surface area contributed by atoms with Crippen LogP contribution in [0.4, 0.5) is 0 Å². The van der Waals surface area contributed by atoms with Crippen LogP contribution in [0.5, 0.6) is 0 Å². The Hall–Kier alpha value is -2.06. The summed E-state index contributed by atoms with van der Waals surface area (Å²) in [5, 5.41) is 0. The van der Waals surface area contributed by atoms with Gasteiger partial charge in [0.1, 0.15) is 0 Å². The maximum absolute atomic E-state index is 11.0. The molecular weight excluding hydrogens is 212 g/mol. The number of rotatable bonds is 0. The van der Waals surface area contributed by atoms with Crippen LogP contribution in [0, 0.1) is 11.8 Å². The Bertz CT molecular complexity index is 642. The predicted molar refractivity (Wildman–Crippen MR) is 58.5 cm³/mol. The van der Waals surface area contributed by atoms with Gasteiger partial charge in [0.15, 0.2) is 0 Å². The van der Waals surface area contributed by atoms with Crippen LogP contribution in [-0.4, -0.2) is 10.9 Å². The van der Waals surface area contributed by atoms with Crippen molar-refractivity contribution in [1.82, 2.24) is 4.98 Å². The smallest absolute Gasteiger partial charge is 0.305 e. The second kappa shape index (κ2) is 3.59. The van der Waals surface area contributed by atoms with E-state index in [2.05, 4.69) is 16.8 Å². The zero-order valence-electron chi connectivity index (χ0n) is 7.53. The third kappa shape index (κ3) is 2.06. The monoisotopic (exact) mass is 218 g/mol. The van der Waals surface area contributed by atoms with E-state index in [1.807, 2.05) is 0 Å².